The van der Waals surface area contributed by atoms with Crippen LogP contribution in [-0.4, -0.2) is 16.5 Å². The number of halogens is 5. The van der Waals surface area contributed by atoms with E-state index in [9.17, 15) is 22.7 Å². The minimum absolute atomic E-state index is 0.224. The second kappa shape index (κ2) is 4.37. The van der Waals surface area contributed by atoms with Crippen LogP contribution in [0.15, 0.2) is 6.20 Å². The summed E-state index contributed by atoms with van der Waals surface area (Å²) in [4.78, 5) is 3.21. The molecule has 0 spiro atoms. The Kier molecular flexibility index (Phi) is 3.58. The van der Waals surface area contributed by atoms with Gasteiger partial charge < -0.3 is 9.84 Å². The second-order valence-electron chi connectivity index (χ2n) is 2.42. The molecule has 0 aromatic carbocycles. The molecule has 1 aromatic heterocycles. The van der Waals surface area contributed by atoms with Crippen LogP contribution in [0.4, 0.5) is 17.6 Å². The number of aromatic nitrogens is 1. The summed E-state index contributed by atoms with van der Waals surface area (Å²) in [5.41, 5.74) is -0.273. The lowest BCUT2D eigenvalue weighted by Gasteiger charge is -2.11. The van der Waals surface area contributed by atoms with Crippen molar-refractivity contribution in [2.45, 2.75) is 13.0 Å². The first-order chi connectivity index (χ1) is 6.85. The molecule has 84 valence electrons. The van der Waals surface area contributed by atoms with Gasteiger partial charge in [-0.25, -0.2) is 9.37 Å². The van der Waals surface area contributed by atoms with Crippen molar-refractivity contribution in [1.82, 2.24) is 4.98 Å². The third-order valence-electron chi connectivity index (χ3n) is 1.42. The van der Waals surface area contributed by atoms with Crippen LogP contribution in [0.5, 0.6) is 11.6 Å². The summed E-state index contributed by atoms with van der Waals surface area (Å²) in [6.45, 7) is -1.10. The standard InChI is InChI=1S/C7H4F4INO2/c8-1-3-4(12)2-13-6(5(3)14)15-7(9,10)11/h2,14H,1H2. The molecule has 3 nitrogen and oxygen atoms in total. The molecule has 0 amide bonds. The first kappa shape index (κ1) is 12.3. The number of ether oxygens (including phenoxy) is 1. The summed E-state index contributed by atoms with van der Waals surface area (Å²) in [6.07, 6.45) is -3.99. The fraction of sp³-hybridized carbons (Fsp3) is 0.286. The van der Waals surface area contributed by atoms with E-state index in [-0.39, 0.29) is 9.13 Å². The van der Waals surface area contributed by atoms with Gasteiger partial charge in [-0.3, -0.25) is 0 Å². The molecule has 0 bridgehead atoms. The molecule has 0 saturated heterocycles. The molecule has 15 heavy (non-hydrogen) atoms. The molecular formula is C7H4F4INO2. The highest BCUT2D eigenvalue weighted by Crippen LogP contribution is 2.34. The maximum Gasteiger partial charge on any atom is 0.574 e. The van der Waals surface area contributed by atoms with E-state index < -0.39 is 24.7 Å². The van der Waals surface area contributed by atoms with Gasteiger partial charge in [0.2, 0.25) is 0 Å². The van der Waals surface area contributed by atoms with E-state index in [0.29, 0.717) is 0 Å². The lowest BCUT2D eigenvalue weighted by molar-refractivity contribution is -0.276. The van der Waals surface area contributed by atoms with Gasteiger partial charge in [0.1, 0.15) is 6.67 Å². The van der Waals surface area contributed by atoms with Crippen molar-refractivity contribution in [2.75, 3.05) is 0 Å². The summed E-state index contributed by atoms with van der Waals surface area (Å²) in [5, 5.41) is 9.20. The van der Waals surface area contributed by atoms with Gasteiger partial charge in [-0.2, -0.15) is 0 Å². The third-order valence-corrected chi connectivity index (χ3v) is 2.35. The Labute approximate surface area is 95.2 Å². The van der Waals surface area contributed by atoms with Crippen LogP contribution in [0.2, 0.25) is 0 Å². The van der Waals surface area contributed by atoms with Crippen molar-refractivity contribution >= 4 is 22.6 Å². The molecule has 1 rings (SSSR count). The number of nitrogens with zero attached hydrogens (tertiary/aromatic N) is 1. The fourth-order valence-corrected chi connectivity index (χ4v) is 1.35. The van der Waals surface area contributed by atoms with E-state index in [2.05, 4.69) is 9.72 Å². The number of rotatable bonds is 2. The van der Waals surface area contributed by atoms with E-state index >= 15 is 0 Å². The van der Waals surface area contributed by atoms with Crippen molar-refractivity contribution in [1.29, 1.82) is 0 Å². The van der Waals surface area contributed by atoms with Crippen LogP contribution < -0.4 is 4.74 Å². The number of hydrogen-bond acceptors (Lipinski definition) is 3. The normalized spacial score (nSPS) is 11.5. The molecule has 0 aliphatic rings. The average molecular weight is 337 g/mol. The molecule has 0 unspecified atom stereocenters. The van der Waals surface area contributed by atoms with Crippen LogP contribution >= 0.6 is 22.6 Å². The maximum absolute atomic E-state index is 12.3. The summed E-state index contributed by atoms with van der Waals surface area (Å²) < 4.78 is 51.3. The van der Waals surface area contributed by atoms with Gasteiger partial charge in [-0.05, 0) is 22.6 Å². The van der Waals surface area contributed by atoms with E-state index in [1.54, 1.807) is 22.6 Å². The van der Waals surface area contributed by atoms with Crippen LogP contribution in [0.1, 0.15) is 5.56 Å². The Morgan fingerprint density at radius 2 is 2.07 bits per heavy atom. The van der Waals surface area contributed by atoms with Crippen LogP contribution in [-0.2, 0) is 6.67 Å². The Morgan fingerprint density at radius 1 is 1.47 bits per heavy atom. The first-order valence-corrected chi connectivity index (χ1v) is 4.61. The predicted molar refractivity (Wildman–Crippen MR) is 50.1 cm³/mol. The minimum Gasteiger partial charge on any atom is -0.503 e. The number of alkyl halides is 4. The maximum atomic E-state index is 12.3. The molecule has 1 heterocycles. The van der Waals surface area contributed by atoms with Crippen LogP contribution in [0, 0.1) is 3.57 Å². The van der Waals surface area contributed by atoms with Crippen molar-refractivity contribution in [2.24, 2.45) is 0 Å². The van der Waals surface area contributed by atoms with Gasteiger partial charge in [0.15, 0.2) is 5.75 Å². The third kappa shape index (κ3) is 3.08. The van der Waals surface area contributed by atoms with Gasteiger partial charge in [0.25, 0.3) is 5.88 Å². The van der Waals surface area contributed by atoms with Gasteiger partial charge in [-0.1, -0.05) is 0 Å². The van der Waals surface area contributed by atoms with E-state index in [0.717, 1.165) is 6.20 Å². The zero-order chi connectivity index (χ0) is 11.6. The lowest BCUT2D eigenvalue weighted by atomic mass is 10.2. The van der Waals surface area contributed by atoms with E-state index in [1.807, 2.05) is 0 Å². The van der Waals surface area contributed by atoms with Crippen LogP contribution in [0.25, 0.3) is 0 Å². The predicted octanol–water partition coefficient (Wildman–Crippen LogP) is 2.76. The SMILES string of the molecule is Oc1c(OC(F)(F)F)ncc(I)c1CF. The quantitative estimate of drug-likeness (QED) is 0.667. The largest absolute Gasteiger partial charge is 0.574 e. The number of hydrogen-bond donors (Lipinski definition) is 1. The van der Waals surface area contributed by atoms with E-state index in [1.165, 1.54) is 0 Å². The van der Waals surface area contributed by atoms with E-state index in [4.69, 9.17) is 0 Å². The van der Waals surface area contributed by atoms with Gasteiger partial charge in [0, 0.05) is 15.3 Å². The number of aromatic hydroxyl groups is 1. The zero-order valence-corrected chi connectivity index (χ0v) is 9.13. The molecule has 0 aliphatic carbocycles. The summed E-state index contributed by atoms with van der Waals surface area (Å²) in [6, 6.07) is 0. The second-order valence-corrected chi connectivity index (χ2v) is 3.58. The summed E-state index contributed by atoms with van der Waals surface area (Å²) in [5.74, 6) is -1.97. The van der Waals surface area contributed by atoms with Crippen LogP contribution in [0.3, 0.4) is 0 Å². The van der Waals surface area contributed by atoms with Crippen molar-refractivity contribution in [3.63, 3.8) is 0 Å². The van der Waals surface area contributed by atoms with Crippen molar-refractivity contribution in [3.05, 3.63) is 15.3 Å². The van der Waals surface area contributed by atoms with Gasteiger partial charge in [0.05, 0.1) is 0 Å². The average Bonchev–Trinajstić information content (AvgIpc) is 2.09. The Hall–Kier alpha value is -0.800. The Balaban J connectivity index is 3.11. The Bertz CT molecular complexity index is 369. The van der Waals surface area contributed by atoms with Crippen molar-refractivity contribution < 1.29 is 27.4 Å². The summed E-state index contributed by atoms with van der Waals surface area (Å²) in [7, 11) is 0. The van der Waals surface area contributed by atoms with Gasteiger partial charge >= 0.3 is 6.36 Å². The minimum atomic E-state index is -4.97. The fourth-order valence-electron chi connectivity index (χ4n) is 0.808. The highest BCUT2D eigenvalue weighted by molar-refractivity contribution is 14.1. The molecule has 0 atom stereocenters. The highest BCUT2D eigenvalue weighted by Gasteiger charge is 2.33. The monoisotopic (exact) mass is 337 g/mol. The molecule has 0 saturated carbocycles. The molecule has 0 radical (unpaired) electrons. The topological polar surface area (TPSA) is 42.4 Å². The molecule has 1 N–H and O–H groups in total. The first-order valence-electron chi connectivity index (χ1n) is 3.53. The molecule has 1 aromatic rings. The number of pyridine rings is 1. The smallest absolute Gasteiger partial charge is 0.503 e. The molecule has 8 heteroatoms. The Morgan fingerprint density at radius 3 is 2.53 bits per heavy atom. The molecule has 0 fully saturated rings. The van der Waals surface area contributed by atoms with Gasteiger partial charge in [-0.15, -0.1) is 13.2 Å². The highest BCUT2D eigenvalue weighted by atomic mass is 127. The zero-order valence-electron chi connectivity index (χ0n) is 6.98. The lowest BCUT2D eigenvalue weighted by Crippen LogP contribution is -2.18. The molecular weight excluding hydrogens is 333 g/mol. The summed E-state index contributed by atoms with van der Waals surface area (Å²) >= 11 is 1.64. The molecule has 0 aliphatic heterocycles. The van der Waals surface area contributed by atoms with Crippen molar-refractivity contribution in [3.8, 4) is 11.6 Å².